The maximum absolute atomic E-state index is 12.1. The molecular formula is C14H21ClN4O3. The average molecular weight is 329 g/mol. The van der Waals surface area contributed by atoms with Crippen LogP contribution in [0.4, 0.5) is 5.69 Å². The molecule has 1 aliphatic rings. The van der Waals surface area contributed by atoms with Crippen LogP contribution in [-0.4, -0.2) is 55.0 Å². The molecule has 0 spiro atoms. The fraction of sp³-hybridized carbons (Fsp3) is 0.500. The molecule has 122 valence electrons. The summed E-state index contributed by atoms with van der Waals surface area (Å²) in [6.07, 6.45) is 0. The summed E-state index contributed by atoms with van der Waals surface area (Å²) in [6.45, 7) is 7.05. The Balaban J connectivity index is 0.00000242. The molecule has 1 fully saturated rings. The van der Waals surface area contributed by atoms with Gasteiger partial charge < -0.3 is 10.6 Å². The van der Waals surface area contributed by atoms with Crippen molar-refractivity contribution in [2.75, 3.05) is 39.3 Å². The van der Waals surface area contributed by atoms with Gasteiger partial charge in [0.15, 0.2) is 0 Å². The number of carbonyl (C=O) groups excluding carboxylic acids is 1. The lowest BCUT2D eigenvalue weighted by Gasteiger charge is -2.27. The van der Waals surface area contributed by atoms with Gasteiger partial charge in [-0.2, -0.15) is 0 Å². The first-order chi connectivity index (χ1) is 10.1. The number of carbonyl (C=O) groups is 1. The number of hydrogen-bond acceptors (Lipinski definition) is 5. The molecule has 0 atom stereocenters. The normalized spacial score (nSPS) is 15.0. The van der Waals surface area contributed by atoms with Gasteiger partial charge in [0.25, 0.3) is 11.6 Å². The van der Waals surface area contributed by atoms with Crippen LogP contribution in [0.25, 0.3) is 0 Å². The summed E-state index contributed by atoms with van der Waals surface area (Å²) in [5.41, 5.74) is 1.11. The molecule has 0 radical (unpaired) electrons. The highest BCUT2D eigenvalue weighted by Crippen LogP contribution is 2.16. The molecule has 0 bridgehead atoms. The summed E-state index contributed by atoms with van der Waals surface area (Å²) in [7, 11) is 0. The second kappa shape index (κ2) is 8.67. The molecule has 2 N–H and O–H groups in total. The summed E-state index contributed by atoms with van der Waals surface area (Å²) in [4.78, 5) is 24.6. The Morgan fingerprint density at radius 1 is 1.41 bits per heavy atom. The smallest absolute Gasteiger partial charge is 0.269 e. The zero-order chi connectivity index (χ0) is 15.2. The number of amides is 1. The van der Waals surface area contributed by atoms with E-state index < -0.39 is 4.92 Å². The van der Waals surface area contributed by atoms with E-state index in [0.717, 1.165) is 32.7 Å². The van der Waals surface area contributed by atoms with Crippen molar-refractivity contribution in [3.63, 3.8) is 0 Å². The number of nitrogens with zero attached hydrogens (tertiary/aromatic N) is 2. The first kappa shape index (κ1) is 18.3. The van der Waals surface area contributed by atoms with Gasteiger partial charge >= 0.3 is 0 Å². The van der Waals surface area contributed by atoms with Gasteiger partial charge in [0.1, 0.15) is 0 Å². The molecule has 2 rings (SSSR count). The van der Waals surface area contributed by atoms with E-state index in [-0.39, 0.29) is 24.0 Å². The summed E-state index contributed by atoms with van der Waals surface area (Å²) < 4.78 is 0. The molecule has 1 aromatic rings. The zero-order valence-corrected chi connectivity index (χ0v) is 13.3. The first-order valence-electron chi connectivity index (χ1n) is 7.04. The molecule has 22 heavy (non-hydrogen) atoms. The molecule has 1 aromatic carbocycles. The fourth-order valence-corrected chi connectivity index (χ4v) is 2.37. The first-order valence-corrected chi connectivity index (χ1v) is 7.04. The molecule has 0 saturated carbocycles. The fourth-order valence-electron chi connectivity index (χ4n) is 2.37. The minimum Gasteiger partial charge on any atom is -0.351 e. The number of nitro benzene ring substituents is 1. The van der Waals surface area contributed by atoms with Gasteiger partial charge in [-0.3, -0.25) is 19.8 Å². The van der Waals surface area contributed by atoms with E-state index in [4.69, 9.17) is 0 Å². The average Bonchev–Trinajstić information content (AvgIpc) is 2.48. The lowest BCUT2D eigenvalue weighted by atomic mass is 10.1. The van der Waals surface area contributed by atoms with Gasteiger partial charge in [0.2, 0.25) is 0 Å². The van der Waals surface area contributed by atoms with Crippen LogP contribution in [0.2, 0.25) is 0 Å². The summed E-state index contributed by atoms with van der Waals surface area (Å²) in [6, 6.07) is 4.29. The SMILES string of the molecule is Cc1cc([N+](=O)[O-])ccc1C(=O)NCCN1CCNCC1.Cl. The molecule has 1 amide bonds. The van der Waals surface area contributed by atoms with Gasteiger partial charge in [0.05, 0.1) is 4.92 Å². The van der Waals surface area contributed by atoms with Gasteiger partial charge in [-0.15, -0.1) is 12.4 Å². The third-order valence-electron chi connectivity index (χ3n) is 3.59. The molecule has 1 aliphatic heterocycles. The number of nitrogens with one attached hydrogen (secondary N) is 2. The topological polar surface area (TPSA) is 87.5 Å². The van der Waals surface area contributed by atoms with Crippen LogP contribution in [0.5, 0.6) is 0 Å². The lowest BCUT2D eigenvalue weighted by Crippen LogP contribution is -2.46. The van der Waals surface area contributed by atoms with Crippen LogP contribution in [0.15, 0.2) is 18.2 Å². The van der Waals surface area contributed by atoms with Crippen molar-refractivity contribution in [2.24, 2.45) is 0 Å². The van der Waals surface area contributed by atoms with Gasteiger partial charge in [-0.05, 0) is 18.6 Å². The molecule has 0 aromatic heterocycles. The van der Waals surface area contributed by atoms with E-state index in [1.54, 1.807) is 6.92 Å². The van der Waals surface area contributed by atoms with Crippen LogP contribution in [0.1, 0.15) is 15.9 Å². The molecule has 1 heterocycles. The van der Waals surface area contributed by atoms with Crippen molar-refractivity contribution in [3.8, 4) is 0 Å². The molecule has 0 aliphatic carbocycles. The number of non-ortho nitro benzene ring substituents is 1. The van der Waals surface area contributed by atoms with E-state index in [2.05, 4.69) is 15.5 Å². The molecule has 7 nitrogen and oxygen atoms in total. The Morgan fingerprint density at radius 3 is 2.68 bits per heavy atom. The van der Waals surface area contributed by atoms with Crippen molar-refractivity contribution in [3.05, 3.63) is 39.4 Å². The Morgan fingerprint density at radius 2 is 2.09 bits per heavy atom. The van der Waals surface area contributed by atoms with Crippen molar-refractivity contribution >= 4 is 24.0 Å². The number of aryl methyl sites for hydroxylation is 1. The Hall–Kier alpha value is -1.70. The maximum atomic E-state index is 12.1. The predicted molar refractivity (Wildman–Crippen MR) is 86.7 cm³/mol. The summed E-state index contributed by atoms with van der Waals surface area (Å²) in [5, 5.41) is 16.8. The monoisotopic (exact) mass is 328 g/mol. The third kappa shape index (κ3) is 4.94. The van der Waals surface area contributed by atoms with Crippen LogP contribution in [0.3, 0.4) is 0 Å². The molecule has 8 heteroatoms. The number of halogens is 1. The van der Waals surface area contributed by atoms with E-state index in [1.165, 1.54) is 18.2 Å². The number of rotatable bonds is 5. The van der Waals surface area contributed by atoms with Crippen molar-refractivity contribution in [1.29, 1.82) is 0 Å². The molecule has 1 saturated heterocycles. The summed E-state index contributed by atoms with van der Waals surface area (Å²) in [5.74, 6) is -0.183. The van der Waals surface area contributed by atoms with Gasteiger partial charge in [-0.25, -0.2) is 0 Å². The van der Waals surface area contributed by atoms with Gasteiger partial charge in [0, 0.05) is 57.0 Å². The van der Waals surface area contributed by atoms with Crippen LogP contribution in [0, 0.1) is 17.0 Å². The van der Waals surface area contributed by atoms with Crippen molar-refractivity contribution in [2.45, 2.75) is 6.92 Å². The Kier molecular flexibility index (Phi) is 7.23. The van der Waals surface area contributed by atoms with Gasteiger partial charge in [-0.1, -0.05) is 0 Å². The van der Waals surface area contributed by atoms with E-state index in [9.17, 15) is 14.9 Å². The van der Waals surface area contributed by atoms with E-state index >= 15 is 0 Å². The lowest BCUT2D eigenvalue weighted by molar-refractivity contribution is -0.384. The van der Waals surface area contributed by atoms with E-state index in [0.29, 0.717) is 17.7 Å². The Bertz CT molecular complexity index is 533. The number of nitro groups is 1. The minimum absolute atomic E-state index is 0. The second-order valence-corrected chi connectivity index (χ2v) is 5.10. The number of benzene rings is 1. The highest BCUT2D eigenvalue weighted by molar-refractivity contribution is 5.95. The van der Waals surface area contributed by atoms with Crippen molar-refractivity contribution < 1.29 is 9.72 Å². The molecule has 0 unspecified atom stereocenters. The number of hydrogen-bond donors (Lipinski definition) is 2. The van der Waals surface area contributed by atoms with E-state index in [1.807, 2.05) is 0 Å². The minimum atomic E-state index is -0.459. The number of piperazine rings is 1. The highest BCUT2D eigenvalue weighted by Gasteiger charge is 2.14. The largest absolute Gasteiger partial charge is 0.351 e. The third-order valence-corrected chi connectivity index (χ3v) is 3.59. The predicted octanol–water partition coefficient (Wildman–Crippen LogP) is 0.960. The zero-order valence-electron chi connectivity index (χ0n) is 12.5. The van der Waals surface area contributed by atoms with Crippen molar-refractivity contribution in [1.82, 2.24) is 15.5 Å². The Labute approximate surface area is 135 Å². The second-order valence-electron chi connectivity index (χ2n) is 5.10. The quantitative estimate of drug-likeness (QED) is 0.621. The van der Waals surface area contributed by atoms with Crippen LogP contribution >= 0.6 is 12.4 Å². The maximum Gasteiger partial charge on any atom is 0.269 e. The standard InChI is InChI=1S/C14H20N4O3.ClH/c1-11-10-12(18(20)21)2-3-13(11)14(19)16-6-9-17-7-4-15-5-8-17;/h2-3,10,15H,4-9H2,1H3,(H,16,19);1H. The van der Waals surface area contributed by atoms with Crippen LogP contribution < -0.4 is 10.6 Å². The summed E-state index contributed by atoms with van der Waals surface area (Å²) >= 11 is 0. The molecular weight excluding hydrogens is 308 g/mol. The highest BCUT2D eigenvalue weighted by atomic mass is 35.5. The van der Waals surface area contributed by atoms with Crippen LogP contribution in [-0.2, 0) is 0 Å².